The molecule has 1 heterocycles. The van der Waals surface area contributed by atoms with Crippen LogP contribution in [-0.2, 0) is 4.74 Å². The van der Waals surface area contributed by atoms with Gasteiger partial charge in [-0.05, 0) is 19.1 Å². The van der Waals surface area contributed by atoms with Gasteiger partial charge in [-0.25, -0.2) is 4.98 Å². The molecule has 0 saturated carbocycles. The number of amides is 1. The molecule has 0 aliphatic carbocycles. The molecule has 82 valence electrons. The highest BCUT2D eigenvalue weighted by Gasteiger charge is 2.10. The summed E-state index contributed by atoms with van der Waals surface area (Å²) in [5.41, 5.74) is 1.17. The van der Waals surface area contributed by atoms with Crippen LogP contribution in [0.25, 0.3) is 0 Å². The van der Waals surface area contributed by atoms with Crippen LogP contribution >= 0.6 is 11.6 Å². The molecule has 1 amide bonds. The van der Waals surface area contributed by atoms with Gasteiger partial charge in [0, 0.05) is 19.3 Å². The smallest absolute Gasteiger partial charge is 0.254 e. The average molecular weight is 229 g/mol. The maximum atomic E-state index is 11.6. The Balaban J connectivity index is 2.65. The number of rotatable bonds is 4. The molecule has 5 heteroatoms. The van der Waals surface area contributed by atoms with E-state index in [1.165, 1.54) is 0 Å². The molecule has 0 bridgehead atoms. The fraction of sp³-hybridized carbons (Fsp3) is 0.400. The van der Waals surface area contributed by atoms with E-state index in [1.54, 1.807) is 19.2 Å². The van der Waals surface area contributed by atoms with Gasteiger partial charge in [0.15, 0.2) is 0 Å². The van der Waals surface area contributed by atoms with Gasteiger partial charge in [0.25, 0.3) is 5.91 Å². The molecule has 1 rings (SSSR count). The number of pyridine rings is 1. The minimum Gasteiger partial charge on any atom is -0.383 e. The van der Waals surface area contributed by atoms with E-state index in [2.05, 4.69) is 10.3 Å². The maximum absolute atomic E-state index is 11.6. The number of nitrogens with one attached hydrogen (secondary N) is 1. The molecule has 0 atom stereocenters. The average Bonchev–Trinajstić information content (AvgIpc) is 2.17. The van der Waals surface area contributed by atoms with Crippen molar-refractivity contribution in [3.8, 4) is 0 Å². The fourth-order valence-electron chi connectivity index (χ4n) is 1.06. The molecule has 1 N–H and O–H groups in total. The number of carbonyl (C=O) groups is 1. The highest BCUT2D eigenvalue weighted by atomic mass is 35.5. The summed E-state index contributed by atoms with van der Waals surface area (Å²) >= 11 is 5.83. The number of ether oxygens (including phenoxy) is 1. The lowest BCUT2D eigenvalue weighted by molar-refractivity contribution is 0.0937. The summed E-state index contributed by atoms with van der Waals surface area (Å²) in [7, 11) is 1.58. The quantitative estimate of drug-likeness (QED) is 0.627. The normalized spacial score (nSPS) is 10.1. The van der Waals surface area contributed by atoms with E-state index < -0.39 is 0 Å². The minimum atomic E-state index is -0.232. The summed E-state index contributed by atoms with van der Waals surface area (Å²) in [6, 6.07) is 3.41. The highest BCUT2D eigenvalue weighted by Crippen LogP contribution is 2.12. The van der Waals surface area contributed by atoms with Crippen LogP contribution in [-0.4, -0.2) is 31.2 Å². The Bertz CT molecular complexity index is 355. The van der Waals surface area contributed by atoms with E-state index in [-0.39, 0.29) is 11.1 Å². The Kier molecular flexibility index (Phi) is 4.52. The lowest BCUT2D eigenvalue weighted by atomic mass is 10.2. The molecule has 0 aliphatic rings. The molecule has 1 aromatic heterocycles. The van der Waals surface area contributed by atoms with Gasteiger partial charge in [-0.15, -0.1) is 0 Å². The number of nitrogens with zero attached hydrogens (tertiary/aromatic N) is 1. The van der Waals surface area contributed by atoms with Crippen LogP contribution in [0.15, 0.2) is 12.1 Å². The zero-order valence-corrected chi connectivity index (χ0v) is 9.47. The summed E-state index contributed by atoms with van der Waals surface area (Å²) in [6.45, 7) is 2.75. The molecular formula is C10H13ClN2O2. The van der Waals surface area contributed by atoms with Gasteiger partial charge in [0.05, 0.1) is 12.2 Å². The van der Waals surface area contributed by atoms with Crippen molar-refractivity contribution in [2.24, 2.45) is 0 Å². The fourth-order valence-corrected chi connectivity index (χ4v) is 1.34. The van der Waals surface area contributed by atoms with Crippen LogP contribution in [0.4, 0.5) is 0 Å². The lowest BCUT2D eigenvalue weighted by Crippen LogP contribution is -2.27. The SMILES string of the molecule is COCCNC(=O)c1ccc(C)nc1Cl. The van der Waals surface area contributed by atoms with Gasteiger partial charge in [-0.3, -0.25) is 4.79 Å². The molecule has 15 heavy (non-hydrogen) atoms. The van der Waals surface area contributed by atoms with Gasteiger partial charge in [0.2, 0.25) is 0 Å². The van der Waals surface area contributed by atoms with Gasteiger partial charge in [-0.1, -0.05) is 11.6 Å². The second kappa shape index (κ2) is 5.68. The monoisotopic (exact) mass is 228 g/mol. The number of carbonyl (C=O) groups excluding carboxylic acids is 1. The Morgan fingerprint density at radius 1 is 1.60 bits per heavy atom. The topological polar surface area (TPSA) is 51.2 Å². The number of hydrogen-bond donors (Lipinski definition) is 1. The van der Waals surface area contributed by atoms with E-state index in [1.807, 2.05) is 6.92 Å². The Morgan fingerprint density at radius 3 is 2.93 bits per heavy atom. The molecule has 0 radical (unpaired) electrons. The number of hydrogen-bond acceptors (Lipinski definition) is 3. The minimum absolute atomic E-state index is 0.227. The second-order valence-corrected chi connectivity index (χ2v) is 3.40. The van der Waals surface area contributed by atoms with Crippen LogP contribution < -0.4 is 5.32 Å². The van der Waals surface area contributed by atoms with Crippen molar-refractivity contribution in [2.75, 3.05) is 20.3 Å². The van der Waals surface area contributed by atoms with Crippen LogP contribution in [0.1, 0.15) is 16.1 Å². The standard InChI is InChI=1S/C10H13ClN2O2/c1-7-3-4-8(9(11)13-7)10(14)12-5-6-15-2/h3-4H,5-6H2,1-2H3,(H,12,14). The van der Waals surface area contributed by atoms with E-state index in [9.17, 15) is 4.79 Å². The third kappa shape index (κ3) is 3.49. The van der Waals surface area contributed by atoms with E-state index in [0.717, 1.165) is 5.69 Å². The summed E-state index contributed by atoms with van der Waals surface area (Å²) in [6.07, 6.45) is 0. The van der Waals surface area contributed by atoms with Crippen molar-refractivity contribution in [2.45, 2.75) is 6.92 Å². The van der Waals surface area contributed by atoms with Gasteiger partial charge in [-0.2, -0.15) is 0 Å². The molecule has 0 aromatic carbocycles. The number of halogens is 1. The Morgan fingerprint density at radius 2 is 2.33 bits per heavy atom. The molecule has 4 nitrogen and oxygen atoms in total. The van der Waals surface area contributed by atoms with E-state index in [0.29, 0.717) is 18.7 Å². The summed E-state index contributed by atoms with van der Waals surface area (Å²) in [4.78, 5) is 15.6. The Labute approximate surface area is 93.6 Å². The molecular weight excluding hydrogens is 216 g/mol. The number of aryl methyl sites for hydroxylation is 1. The first-order valence-electron chi connectivity index (χ1n) is 4.55. The van der Waals surface area contributed by atoms with Crippen molar-refractivity contribution in [1.29, 1.82) is 0 Å². The zero-order valence-electron chi connectivity index (χ0n) is 8.71. The van der Waals surface area contributed by atoms with Gasteiger partial charge >= 0.3 is 0 Å². The highest BCUT2D eigenvalue weighted by molar-refractivity contribution is 6.32. The van der Waals surface area contributed by atoms with Crippen molar-refractivity contribution in [1.82, 2.24) is 10.3 Å². The summed E-state index contributed by atoms with van der Waals surface area (Å²) in [5, 5.41) is 2.90. The predicted octanol–water partition coefficient (Wildman–Crippen LogP) is 1.42. The summed E-state index contributed by atoms with van der Waals surface area (Å²) < 4.78 is 4.81. The molecule has 0 spiro atoms. The first-order chi connectivity index (χ1) is 7.15. The molecule has 1 aromatic rings. The van der Waals surface area contributed by atoms with Crippen LogP contribution in [0.2, 0.25) is 5.15 Å². The lowest BCUT2D eigenvalue weighted by Gasteiger charge is -2.05. The second-order valence-electron chi connectivity index (χ2n) is 3.04. The van der Waals surface area contributed by atoms with Crippen LogP contribution in [0.5, 0.6) is 0 Å². The van der Waals surface area contributed by atoms with E-state index in [4.69, 9.17) is 16.3 Å². The molecule has 0 fully saturated rings. The first-order valence-corrected chi connectivity index (χ1v) is 4.93. The number of methoxy groups -OCH3 is 1. The maximum Gasteiger partial charge on any atom is 0.254 e. The summed E-state index contributed by atoms with van der Waals surface area (Å²) in [5.74, 6) is -0.232. The third-order valence-electron chi connectivity index (χ3n) is 1.82. The molecule has 0 aliphatic heterocycles. The Hall–Kier alpha value is -1.13. The number of aromatic nitrogens is 1. The van der Waals surface area contributed by atoms with Crippen molar-refractivity contribution in [3.05, 3.63) is 28.5 Å². The third-order valence-corrected chi connectivity index (χ3v) is 2.11. The van der Waals surface area contributed by atoms with Crippen LogP contribution in [0.3, 0.4) is 0 Å². The van der Waals surface area contributed by atoms with Gasteiger partial charge < -0.3 is 10.1 Å². The molecule has 0 saturated heterocycles. The van der Waals surface area contributed by atoms with Gasteiger partial charge in [0.1, 0.15) is 5.15 Å². The first kappa shape index (κ1) is 11.9. The van der Waals surface area contributed by atoms with Crippen molar-refractivity contribution >= 4 is 17.5 Å². The largest absolute Gasteiger partial charge is 0.383 e. The van der Waals surface area contributed by atoms with Crippen molar-refractivity contribution < 1.29 is 9.53 Å². The van der Waals surface area contributed by atoms with Crippen molar-refractivity contribution in [3.63, 3.8) is 0 Å². The van der Waals surface area contributed by atoms with E-state index >= 15 is 0 Å². The predicted molar refractivity (Wildman–Crippen MR) is 58.2 cm³/mol. The molecule has 0 unspecified atom stereocenters. The zero-order chi connectivity index (χ0) is 11.3. The van der Waals surface area contributed by atoms with Crippen LogP contribution in [0, 0.1) is 6.92 Å².